The molecule has 2 fully saturated rings. The molecule has 3 atom stereocenters. The lowest BCUT2D eigenvalue weighted by atomic mass is 9.70. The standard InChI is InChI=1S/C15H18O/c16-15-10-9-12(11-5-2-1-3-6-11)13-7-4-8-14(13)15/h1-3,5-6,12-14H,4,7-10H2. The number of hydrogen-bond donors (Lipinski definition) is 0. The van der Waals surface area contributed by atoms with Crippen molar-refractivity contribution in [2.45, 2.75) is 38.0 Å². The van der Waals surface area contributed by atoms with Gasteiger partial charge in [-0.1, -0.05) is 36.8 Å². The van der Waals surface area contributed by atoms with Gasteiger partial charge in [0.2, 0.25) is 0 Å². The van der Waals surface area contributed by atoms with E-state index < -0.39 is 0 Å². The van der Waals surface area contributed by atoms with Gasteiger partial charge in [-0.3, -0.25) is 4.79 Å². The number of ketones is 1. The van der Waals surface area contributed by atoms with Crippen LogP contribution in [0.3, 0.4) is 0 Å². The van der Waals surface area contributed by atoms with Crippen molar-refractivity contribution >= 4 is 5.78 Å². The molecule has 0 spiro atoms. The maximum Gasteiger partial charge on any atom is 0.136 e. The predicted octanol–water partition coefficient (Wildman–Crippen LogP) is 3.55. The third-order valence-electron chi connectivity index (χ3n) is 4.43. The molecule has 1 aromatic rings. The van der Waals surface area contributed by atoms with Gasteiger partial charge in [0, 0.05) is 12.3 Å². The number of carbonyl (C=O) groups excluding carboxylic acids is 1. The molecule has 1 heteroatoms. The van der Waals surface area contributed by atoms with Crippen LogP contribution in [0.25, 0.3) is 0 Å². The molecular weight excluding hydrogens is 196 g/mol. The molecule has 0 amide bonds. The molecule has 2 aliphatic carbocycles. The molecule has 3 rings (SSSR count). The van der Waals surface area contributed by atoms with Gasteiger partial charge in [-0.05, 0) is 36.7 Å². The van der Waals surface area contributed by atoms with Crippen LogP contribution in [-0.2, 0) is 4.79 Å². The minimum absolute atomic E-state index is 0.388. The van der Waals surface area contributed by atoms with E-state index in [1.807, 2.05) is 0 Å². The second kappa shape index (κ2) is 4.04. The molecule has 0 radical (unpaired) electrons. The van der Waals surface area contributed by atoms with E-state index in [-0.39, 0.29) is 0 Å². The van der Waals surface area contributed by atoms with Gasteiger partial charge in [0.15, 0.2) is 0 Å². The van der Waals surface area contributed by atoms with Crippen LogP contribution in [0.1, 0.15) is 43.6 Å². The summed E-state index contributed by atoms with van der Waals surface area (Å²) >= 11 is 0. The van der Waals surface area contributed by atoms with Gasteiger partial charge in [-0.2, -0.15) is 0 Å². The van der Waals surface area contributed by atoms with E-state index in [1.54, 1.807) is 0 Å². The zero-order valence-electron chi connectivity index (χ0n) is 9.56. The summed E-state index contributed by atoms with van der Waals surface area (Å²) in [4.78, 5) is 11.9. The average molecular weight is 214 g/mol. The fraction of sp³-hybridized carbons (Fsp3) is 0.533. The Hall–Kier alpha value is -1.11. The van der Waals surface area contributed by atoms with Gasteiger partial charge in [-0.15, -0.1) is 0 Å². The van der Waals surface area contributed by atoms with Crippen molar-refractivity contribution in [3.8, 4) is 0 Å². The quantitative estimate of drug-likeness (QED) is 0.698. The number of benzene rings is 1. The molecule has 2 saturated carbocycles. The molecule has 84 valence electrons. The molecule has 16 heavy (non-hydrogen) atoms. The molecule has 0 aromatic heterocycles. The minimum atomic E-state index is 0.388. The maximum atomic E-state index is 11.9. The van der Waals surface area contributed by atoms with Crippen molar-refractivity contribution in [3.05, 3.63) is 35.9 Å². The Morgan fingerprint density at radius 3 is 2.56 bits per heavy atom. The second-order valence-electron chi connectivity index (χ2n) is 5.22. The van der Waals surface area contributed by atoms with Gasteiger partial charge in [0.25, 0.3) is 0 Å². The van der Waals surface area contributed by atoms with Gasteiger partial charge in [0.05, 0.1) is 0 Å². The van der Waals surface area contributed by atoms with Crippen LogP contribution in [0.2, 0.25) is 0 Å². The zero-order valence-corrected chi connectivity index (χ0v) is 9.56. The van der Waals surface area contributed by atoms with E-state index in [4.69, 9.17) is 0 Å². The predicted molar refractivity (Wildman–Crippen MR) is 64.3 cm³/mol. The molecule has 3 unspecified atom stereocenters. The highest BCUT2D eigenvalue weighted by Gasteiger charge is 2.41. The van der Waals surface area contributed by atoms with Crippen LogP contribution in [0, 0.1) is 11.8 Å². The van der Waals surface area contributed by atoms with Crippen LogP contribution >= 0.6 is 0 Å². The number of rotatable bonds is 1. The van der Waals surface area contributed by atoms with Crippen LogP contribution in [0.15, 0.2) is 30.3 Å². The van der Waals surface area contributed by atoms with E-state index >= 15 is 0 Å². The molecule has 1 nitrogen and oxygen atoms in total. The number of hydrogen-bond acceptors (Lipinski definition) is 1. The topological polar surface area (TPSA) is 17.1 Å². The zero-order chi connectivity index (χ0) is 11.0. The van der Waals surface area contributed by atoms with E-state index in [1.165, 1.54) is 18.4 Å². The van der Waals surface area contributed by atoms with E-state index in [0.717, 1.165) is 19.3 Å². The first-order valence-electron chi connectivity index (χ1n) is 6.44. The minimum Gasteiger partial charge on any atom is -0.299 e. The van der Waals surface area contributed by atoms with Crippen molar-refractivity contribution in [1.29, 1.82) is 0 Å². The Morgan fingerprint density at radius 2 is 1.75 bits per heavy atom. The average Bonchev–Trinajstić information content (AvgIpc) is 2.81. The molecule has 0 saturated heterocycles. The monoisotopic (exact) mass is 214 g/mol. The van der Waals surface area contributed by atoms with E-state index in [2.05, 4.69) is 30.3 Å². The van der Waals surface area contributed by atoms with Gasteiger partial charge in [-0.25, -0.2) is 0 Å². The Bertz CT molecular complexity index is 382. The number of carbonyl (C=O) groups is 1. The van der Waals surface area contributed by atoms with Crippen LogP contribution in [0.4, 0.5) is 0 Å². The lowest BCUT2D eigenvalue weighted by molar-refractivity contribution is -0.126. The van der Waals surface area contributed by atoms with Gasteiger partial charge >= 0.3 is 0 Å². The lowest BCUT2D eigenvalue weighted by Gasteiger charge is -2.33. The fourth-order valence-electron chi connectivity index (χ4n) is 3.68. The highest BCUT2D eigenvalue weighted by Crippen LogP contribution is 2.47. The van der Waals surface area contributed by atoms with Gasteiger partial charge in [0.1, 0.15) is 5.78 Å². The molecule has 1 aromatic carbocycles. The first-order chi connectivity index (χ1) is 7.86. The summed E-state index contributed by atoms with van der Waals surface area (Å²) in [5.41, 5.74) is 1.45. The molecule has 0 aliphatic heterocycles. The number of Topliss-reactive ketones (excluding diaryl/α,β-unsaturated/α-hetero) is 1. The second-order valence-corrected chi connectivity index (χ2v) is 5.22. The highest BCUT2D eigenvalue weighted by molar-refractivity contribution is 5.82. The van der Waals surface area contributed by atoms with Crippen molar-refractivity contribution in [2.24, 2.45) is 11.8 Å². The van der Waals surface area contributed by atoms with Crippen molar-refractivity contribution in [1.82, 2.24) is 0 Å². The van der Waals surface area contributed by atoms with Crippen molar-refractivity contribution < 1.29 is 4.79 Å². The third-order valence-corrected chi connectivity index (χ3v) is 4.43. The van der Waals surface area contributed by atoms with E-state index in [0.29, 0.717) is 23.5 Å². The van der Waals surface area contributed by atoms with Gasteiger partial charge < -0.3 is 0 Å². The summed E-state index contributed by atoms with van der Waals surface area (Å²) in [6, 6.07) is 10.8. The molecule has 0 bridgehead atoms. The largest absolute Gasteiger partial charge is 0.299 e. The summed E-state index contributed by atoms with van der Waals surface area (Å²) in [6.45, 7) is 0. The first-order valence-corrected chi connectivity index (χ1v) is 6.44. The molecule has 2 aliphatic rings. The van der Waals surface area contributed by atoms with E-state index in [9.17, 15) is 4.79 Å². The number of fused-ring (bicyclic) bond motifs is 1. The Kier molecular flexibility index (Phi) is 2.55. The molecule has 0 heterocycles. The van der Waals surface area contributed by atoms with Crippen LogP contribution in [-0.4, -0.2) is 5.78 Å². The van der Waals surface area contributed by atoms with Crippen molar-refractivity contribution in [3.63, 3.8) is 0 Å². The highest BCUT2D eigenvalue weighted by atomic mass is 16.1. The molecule has 0 N–H and O–H groups in total. The summed E-state index contributed by atoms with van der Waals surface area (Å²) in [7, 11) is 0. The third kappa shape index (κ3) is 1.59. The lowest BCUT2D eigenvalue weighted by Crippen LogP contribution is -2.30. The fourth-order valence-corrected chi connectivity index (χ4v) is 3.68. The SMILES string of the molecule is O=C1CCC(c2ccccc2)C2CCCC12. The van der Waals surface area contributed by atoms with Crippen LogP contribution in [0.5, 0.6) is 0 Å². The first kappa shape index (κ1) is 10.1. The Labute approximate surface area is 96.9 Å². The van der Waals surface area contributed by atoms with Crippen molar-refractivity contribution in [2.75, 3.05) is 0 Å². The molecular formula is C15H18O. The smallest absolute Gasteiger partial charge is 0.136 e. The Morgan fingerprint density at radius 1 is 0.938 bits per heavy atom. The Balaban J connectivity index is 1.89. The summed E-state index contributed by atoms with van der Waals surface area (Å²) in [5.74, 6) is 2.21. The maximum absolute atomic E-state index is 11.9. The van der Waals surface area contributed by atoms with Crippen LogP contribution < -0.4 is 0 Å². The summed E-state index contributed by atoms with van der Waals surface area (Å²) in [5, 5.41) is 0. The normalized spacial score (nSPS) is 33.8. The summed E-state index contributed by atoms with van der Waals surface area (Å²) in [6.07, 6.45) is 5.54. The summed E-state index contributed by atoms with van der Waals surface area (Å²) < 4.78 is 0.